The van der Waals surface area contributed by atoms with E-state index in [9.17, 15) is 10.2 Å². The molecule has 0 heterocycles. The molecule has 2 aromatic rings. The molecule has 0 saturated heterocycles. The zero-order valence-electron chi connectivity index (χ0n) is 15.8. The Balaban J connectivity index is 0. The van der Waals surface area contributed by atoms with E-state index in [1.54, 1.807) is 36.4 Å². The Kier molecular flexibility index (Phi) is 14.6. The van der Waals surface area contributed by atoms with Crippen LogP contribution in [-0.2, 0) is 37.1 Å². The van der Waals surface area contributed by atoms with Gasteiger partial charge in [-0.05, 0) is 23.3 Å². The van der Waals surface area contributed by atoms with Crippen LogP contribution in [0.15, 0.2) is 46.7 Å². The van der Waals surface area contributed by atoms with Crippen molar-refractivity contribution in [2.75, 3.05) is 27.4 Å². The number of hydrogen-bond acceptors (Lipinski definition) is 8. The predicted octanol–water partition coefficient (Wildman–Crippen LogP) is -0.594. The summed E-state index contributed by atoms with van der Waals surface area (Å²) in [6.07, 6.45) is 2.60. The van der Waals surface area contributed by atoms with Crippen molar-refractivity contribution >= 4 is 12.4 Å². The molecule has 0 spiro atoms. The van der Waals surface area contributed by atoms with E-state index in [4.69, 9.17) is 19.1 Å². The molecule has 2 rings (SSSR count). The number of hydrogen-bond donors (Lipinski definition) is 0. The van der Waals surface area contributed by atoms with Crippen LogP contribution in [0.1, 0.15) is 11.1 Å². The summed E-state index contributed by atoms with van der Waals surface area (Å²) in [6, 6.07) is 9.72. The van der Waals surface area contributed by atoms with E-state index in [1.165, 1.54) is 26.6 Å². The van der Waals surface area contributed by atoms with Crippen molar-refractivity contribution in [1.82, 2.24) is 0 Å². The van der Waals surface area contributed by atoms with E-state index in [-0.39, 0.29) is 63.7 Å². The Morgan fingerprint density at radius 2 is 1.14 bits per heavy atom. The number of oxime groups is 2. The summed E-state index contributed by atoms with van der Waals surface area (Å²) in [6.45, 7) is 0.239. The Bertz CT molecular complexity index is 721. The van der Waals surface area contributed by atoms with Gasteiger partial charge in [-0.2, -0.15) is 0 Å². The van der Waals surface area contributed by atoms with Crippen LogP contribution in [0.2, 0.25) is 0 Å². The maximum absolute atomic E-state index is 11.9. The van der Waals surface area contributed by atoms with Gasteiger partial charge in [-0.15, -0.1) is 0 Å². The molecule has 0 radical (unpaired) electrons. The Morgan fingerprint density at radius 1 is 0.759 bits per heavy atom. The smallest absolute Gasteiger partial charge is 0.870 e. The van der Waals surface area contributed by atoms with Crippen molar-refractivity contribution in [3.8, 4) is 23.0 Å². The van der Waals surface area contributed by atoms with E-state index in [0.717, 1.165) is 0 Å². The molecule has 0 bridgehead atoms. The molecule has 0 amide bonds. The molecule has 0 aliphatic rings. The molecular weight excluding hydrogens is 431 g/mol. The molecule has 0 atom stereocenters. The van der Waals surface area contributed by atoms with Gasteiger partial charge in [0, 0.05) is 0 Å². The van der Waals surface area contributed by atoms with Crippen LogP contribution in [0.5, 0.6) is 23.0 Å². The molecular formula is C18H24N2NiO8+2. The van der Waals surface area contributed by atoms with Crippen molar-refractivity contribution in [1.29, 1.82) is 0 Å². The van der Waals surface area contributed by atoms with Crippen LogP contribution < -0.4 is 19.7 Å². The third-order valence-electron chi connectivity index (χ3n) is 3.26. The summed E-state index contributed by atoms with van der Waals surface area (Å²) >= 11 is 0. The fourth-order valence-electron chi connectivity index (χ4n) is 1.96. The van der Waals surface area contributed by atoms with Crippen LogP contribution in [-0.4, -0.2) is 39.9 Å². The molecule has 10 nitrogen and oxygen atoms in total. The van der Waals surface area contributed by atoms with Gasteiger partial charge >= 0.3 is 16.5 Å². The first-order chi connectivity index (χ1) is 12.7. The van der Waals surface area contributed by atoms with E-state index in [1.807, 2.05) is 0 Å². The molecule has 0 aromatic heterocycles. The maximum Gasteiger partial charge on any atom is 2.00 e. The van der Waals surface area contributed by atoms with E-state index in [0.29, 0.717) is 11.1 Å². The topological polar surface area (TPSA) is 174 Å². The van der Waals surface area contributed by atoms with Crippen LogP contribution in [0.25, 0.3) is 0 Å². The molecule has 2 aromatic carbocycles. The number of benzene rings is 2. The molecule has 0 fully saturated rings. The zero-order chi connectivity index (χ0) is 18.8. The van der Waals surface area contributed by atoms with E-state index >= 15 is 0 Å². The minimum Gasteiger partial charge on any atom is -0.870 e. The second kappa shape index (κ2) is 15.0. The largest absolute Gasteiger partial charge is 2.00 e. The summed E-state index contributed by atoms with van der Waals surface area (Å²) in [5, 5.41) is 31.1. The molecule has 0 saturated carbocycles. The van der Waals surface area contributed by atoms with E-state index in [2.05, 4.69) is 10.3 Å². The fraction of sp³-hybridized carbons (Fsp3) is 0.222. The minimum atomic E-state index is -0.269. The normalized spacial score (nSPS) is 9.86. The van der Waals surface area contributed by atoms with Crippen LogP contribution in [0, 0.1) is 0 Å². The molecule has 0 aliphatic heterocycles. The monoisotopic (exact) mass is 454 g/mol. The minimum absolute atomic E-state index is 0. The van der Waals surface area contributed by atoms with Crippen LogP contribution in [0.3, 0.4) is 0 Å². The molecule has 0 aliphatic carbocycles. The molecule has 29 heavy (non-hydrogen) atoms. The van der Waals surface area contributed by atoms with Gasteiger partial charge in [0.15, 0.2) is 13.2 Å². The number of methoxy groups -OCH3 is 2. The summed E-state index contributed by atoms with van der Waals surface area (Å²) < 4.78 is 9.87. The first kappa shape index (κ1) is 28.2. The summed E-state index contributed by atoms with van der Waals surface area (Å²) in [7, 11) is 2.85. The first-order valence-electron chi connectivity index (χ1n) is 7.66. The van der Waals surface area contributed by atoms with Gasteiger partial charge in [0.05, 0.1) is 26.6 Å². The molecule has 11 heteroatoms. The van der Waals surface area contributed by atoms with E-state index < -0.39 is 0 Å². The van der Waals surface area contributed by atoms with Gasteiger partial charge in [0.2, 0.25) is 0 Å². The van der Waals surface area contributed by atoms with Gasteiger partial charge in [-0.1, -0.05) is 46.1 Å². The van der Waals surface area contributed by atoms with Crippen molar-refractivity contribution < 1.29 is 56.8 Å². The Morgan fingerprint density at radius 3 is 1.48 bits per heavy atom. The number of nitrogens with zero attached hydrogens (tertiary/aromatic N) is 2. The average molecular weight is 455 g/mol. The molecule has 0 unspecified atom stereocenters. The second-order valence-electron chi connectivity index (χ2n) is 4.89. The number of para-hydroxylation sites is 2. The van der Waals surface area contributed by atoms with Gasteiger partial charge in [-0.3, -0.25) is 0 Å². The van der Waals surface area contributed by atoms with Gasteiger partial charge in [0.25, 0.3) is 0 Å². The first-order valence-corrected chi connectivity index (χ1v) is 7.66. The summed E-state index contributed by atoms with van der Waals surface area (Å²) in [5.74, 6) is -0.0615. The molecule has 162 valence electrons. The van der Waals surface area contributed by atoms with Crippen LogP contribution >= 0.6 is 0 Å². The van der Waals surface area contributed by atoms with Crippen molar-refractivity contribution in [2.45, 2.75) is 0 Å². The SMILES string of the molecule is COc1cccc(/C=N/OCCO/N=C/c2cccc(OC)c2[O-])c1[O-].[Ni+2].[OH3+].[OH3+]. The quantitative estimate of drug-likeness (QED) is 0.161. The molecule has 6 N–H and O–H groups in total. The van der Waals surface area contributed by atoms with Gasteiger partial charge in [0.1, 0.15) is 11.5 Å². The number of rotatable bonds is 9. The number of ether oxygens (including phenoxy) is 2. The third-order valence-corrected chi connectivity index (χ3v) is 3.26. The summed E-state index contributed by atoms with van der Waals surface area (Å²) in [4.78, 5) is 9.98. The maximum atomic E-state index is 11.9. The van der Waals surface area contributed by atoms with Gasteiger partial charge in [-0.25, -0.2) is 0 Å². The summed E-state index contributed by atoms with van der Waals surface area (Å²) in [5.41, 5.74) is 0.702. The predicted molar refractivity (Wildman–Crippen MR) is 102 cm³/mol. The third kappa shape index (κ3) is 8.26. The second-order valence-corrected chi connectivity index (χ2v) is 4.89. The van der Waals surface area contributed by atoms with Crippen molar-refractivity contribution in [3.05, 3.63) is 47.5 Å². The van der Waals surface area contributed by atoms with Crippen molar-refractivity contribution in [2.24, 2.45) is 10.3 Å². The Hall–Kier alpha value is -3.01. The van der Waals surface area contributed by atoms with Crippen molar-refractivity contribution in [3.63, 3.8) is 0 Å². The average Bonchev–Trinajstić information content (AvgIpc) is 2.66. The Labute approximate surface area is 177 Å². The van der Waals surface area contributed by atoms with Gasteiger partial charge < -0.3 is 40.3 Å². The fourth-order valence-corrected chi connectivity index (χ4v) is 1.96. The zero-order valence-corrected chi connectivity index (χ0v) is 16.8. The standard InChI is InChI=1S/C18H20N2O6.Ni.2H2O/c1-23-15-7-3-5-13(17(15)21)11-19-25-9-10-26-20-12-14-6-4-8-16(24-2)18(14)22;;;/h3-8,11-12,21-22H,9-10H2,1-2H3;;2*1H2/q;+2;;/b19-11+,20-12+;;;. The van der Waals surface area contributed by atoms with Crippen LogP contribution in [0.4, 0.5) is 0 Å².